The number of halogens is 1. The van der Waals surface area contributed by atoms with E-state index in [9.17, 15) is 9.18 Å². The smallest absolute Gasteiger partial charge is 0.252 e. The molecule has 2 aromatic rings. The van der Waals surface area contributed by atoms with Gasteiger partial charge in [-0.25, -0.2) is 0 Å². The number of amides is 1. The molecule has 11 nitrogen and oxygen atoms in total. The van der Waals surface area contributed by atoms with Crippen LogP contribution in [-0.4, -0.2) is 84.1 Å². The lowest BCUT2D eigenvalue weighted by molar-refractivity contribution is -0.117. The molecule has 0 saturated carbocycles. The van der Waals surface area contributed by atoms with E-state index < -0.39 is 5.95 Å². The summed E-state index contributed by atoms with van der Waals surface area (Å²) in [6.45, 7) is 2.96. The monoisotopic (exact) mass is 518 g/mol. The third kappa shape index (κ3) is 7.60. The van der Waals surface area contributed by atoms with Gasteiger partial charge >= 0.3 is 0 Å². The fourth-order valence-electron chi connectivity index (χ4n) is 3.87. The van der Waals surface area contributed by atoms with Crippen LogP contribution in [-0.2, 0) is 16.0 Å². The van der Waals surface area contributed by atoms with Gasteiger partial charge in [0.2, 0.25) is 5.95 Å². The zero-order valence-electron chi connectivity index (χ0n) is 20.2. The molecule has 36 heavy (non-hydrogen) atoms. The molecule has 1 aromatic heterocycles. The number of rotatable bonds is 6. The van der Waals surface area contributed by atoms with Gasteiger partial charge in [-0.05, 0) is 48.0 Å². The van der Waals surface area contributed by atoms with Crippen LogP contribution < -0.4 is 21.3 Å². The Hall–Kier alpha value is -3.29. The minimum atomic E-state index is -0.619. The van der Waals surface area contributed by atoms with Gasteiger partial charge in [0.25, 0.3) is 5.91 Å². The Labute approximate surface area is 213 Å². The number of hydrogen-bond acceptors (Lipinski definition) is 9. The molecule has 1 aromatic carbocycles. The predicted molar refractivity (Wildman–Crippen MR) is 140 cm³/mol. The van der Waals surface area contributed by atoms with Crippen molar-refractivity contribution in [3.63, 3.8) is 0 Å². The summed E-state index contributed by atoms with van der Waals surface area (Å²) in [6.07, 6.45) is 1.15. The van der Waals surface area contributed by atoms with Crippen molar-refractivity contribution in [3.8, 4) is 0 Å². The van der Waals surface area contributed by atoms with Gasteiger partial charge in [-0.15, -0.1) is 10.2 Å². The van der Waals surface area contributed by atoms with Gasteiger partial charge < -0.3 is 31.1 Å². The Kier molecular flexibility index (Phi) is 9.96. The zero-order valence-corrected chi connectivity index (χ0v) is 21.1. The van der Waals surface area contributed by atoms with E-state index in [0.717, 1.165) is 49.6 Å². The van der Waals surface area contributed by atoms with Crippen LogP contribution in [0, 0.1) is 5.95 Å². The number of carbonyl (C=O) groups excluding carboxylic acids is 1. The van der Waals surface area contributed by atoms with Gasteiger partial charge in [-0.3, -0.25) is 9.79 Å². The van der Waals surface area contributed by atoms with Crippen LogP contribution >= 0.6 is 11.8 Å². The minimum absolute atomic E-state index is 0.0485. The summed E-state index contributed by atoms with van der Waals surface area (Å²) in [6, 6.07) is 10.6. The van der Waals surface area contributed by atoms with E-state index in [2.05, 4.69) is 25.1 Å². The van der Waals surface area contributed by atoms with E-state index in [1.165, 1.54) is 6.07 Å². The number of amidine groups is 2. The van der Waals surface area contributed by atoms with Crippen molar-refractivity contribution >= 4 is 39.5 Å². The maximum atomic E-state index is 13.0. The van der Waals surface area contributed by atoms with Crippen molar-refractivity contribution in [1.82, 2.24) is 10.2 Å². The van der Waals surface area contributed by atoms with Gasteiger partial charge in [-0.2, -0.15) is 9.38 Å². The zero-order chi connectivity index (χ0) is 26.1. The molecule has 1 amide bonds. The van der Waals surface area contributed by atoms with E-state index in [0.29, 0.717) is 18.9 Å². The summed E-state index contributed by atoms with van der Waals surface area (Å²) < 4.78 is 18.3. The topological polar surface area (TPSA) is 156 Å². The number of benzene rings is 1. The van der Waals surface area contributed by atoms with Crippen LogP contribution in [0.3, 0.4) is 0 Å². The molecule has 5 N–H and O–H groups in total. The summed E-state index contributed by atoms with van der Waals surface area (Å²) in [5.74, 6) is -0.379. The van der Waals surface area contributed by atoms with Crippen molar-refractivity contribution in [2.75, 3.05) is 50.2 Å². The van der Waals surface area contributed by atoms with Gasteiger partial charge in [0.15, 0.2) is 16.2 Å². The number of methoxy groups -OCH3 is 1. The fourth-order valence-corrected chi connectivity index (χ4v) is 4.43. The average Bonchev–Trinajstić information content (AvgIpc) is 3.28. The highest BCUT2D eigenvalue weighted by molar-refractivity contribution is 8.26. The number of anilines is 2. The molecule has 0 radical (unpaired) electrons. The molecule has 3 heterocycles. The third-order valence-corrected chi connectivity index (χ3v) is 6.29. The maximum Gasteiger partial charge on any atom is 0.252 e. The van der Waals surface area contributed by atoms with E-state index in [-0.39, 0.29) is 34.8 Å². The highest BCUT2D eigenvalue weighted by Gasteiger charge is 2.26. The Bertz CT molecular complexity index is 1080. The first-order valence-electron chi connectivity index (χ1n) is 11.3. The molecular formula is C23H31FN8O3S. The molecule has 2 fully saturated rings. The quantitative estimate of drug-likeness (QED) is 0.369. The number of aromatic nitrogens is 2. The number of ether oxygens (including phenoxy) is 1. The van der Waals surface area contributed by atoms with Crippen LogP contribution in [0.1, 0.15) is 12.0 Å². The number of hydrogen-bond donors (Lipinski definition) is 3. The second kappa shape index (κ2) is 13.1. The number of thioether (sulfide) groups is 1. The second-order valence-electron chi connectivity index (χ2n) is 8.13. The van der Waals surface area contributed by atoms with Crippen molar-refractivity contribution < 1.29 is 19.0 Å². The first kappa shape index (κ1) is 27.3. The number of carbonyl (C=O) groups is 1. The molecular weight excluding hydrogens is 487 g/mol. The van der Waals surface area contributed by atoms with Crippen LogP contribution in [0.25, 0.3) is 0 Å². The van der Waals surface area contributed by atoms with Crippen molar-refractivity contribution in [2.45, 2.75) is 25.0 Å². The largest absolute Gasteiger partial charge is 0.400 e. The number of aliphatic hydroxyl groups excluding tert-OH is 1. The van der Waals surface area contributed by atoms with E-state index >= 15 is 0 Å². The van der Waals surface area contributed by atoms with E-state index in [4.69, 9.17) is 21.3 Å². The Morgan fingerprint density at radius 1 is 1.17 bits per heavy atom. The van der Waals surface area contributed by atoms with E-state index in [1.54, 1.807) is 13.2 Å². The lowest BCUT2D eigenvalue weighted by atomic mass is 10.1. The van der Waals surface area contributed by atoms with E-state index in [1.807, 2.05) is 29.2 Å². The lowest BCUT2D eigenvalue weighted by Crippen LogP contribution is -2.51. The Morgan fingerprint density at radius 3 is 2.64 bits per heavy atom. The van der Waals surface area contributed by atoms with Gasteiger partial charge in [0.05, 0.1) is 18.6 Å². The Morgan fingerprint density at radius 2 is 1.94 bits per heavy atom. The molecule has 0 bridgehead atoms. The number of nitrogens with two attached hydrogens (primary N) is 2. The standard InChI is InChI=1S/C22H27FN8O2S.CH4O/c1-33-17-12-31(13-17)16-4-2-3-14(9-16)10-20(32)27-22(25)34-21(24)26-15-7-8-30(11-15)19-6-5-18(23)28-29-19;1-2/h2-6,9,15,17H,7-8,10-13H2,1H3,(H2,24,26)(H2,25,27,32);2H,1H3. The molecule has 13 heteroatoms. The third-order valence-electron chi connectivity index (χ3n) is 5.67. The highest BCUT2D eigenvalue weighted by Crippen LogP contribution is 2.24. The molecule has 0 spiro atoms. The van der Waals surface area contributed by atoms with Crippen LogP contribution in [0.2, 0.25) is 0 Å². The number of nitrogens with zero attached hydrogens (tertiary/aromatic N) is 6. The van der Waals surface area contributed by atoms with Crippen molar-refractivity contribution in [3.05, 3.63) is 47.9 Å². The summed E-state index contributed by atoms with van der Waals surface area (Å²) in [5.41, 5.74) is 13.9. The predicted octanol–water partition coefficient (Wildman–Crippen LogP) is 0.770. The summed E-state index contributed by atoms with van der Waals surface area (Å²) >= 11 is 0.964. The molecule has 2 aliphatic heterocycles. The SMILES string of the molecule is CO.COC1CN(c2cccc(CC(=O)N=C(N)SC(N)=NC3CCN(c4ccc(F)nn4)C3)c2)C1. The molecule has 194 valence electrons. The normalized spacial score (nSPS) is 18.5. The van der Waals surface area contributed by atoms with Crippen LogP contribution in [0.5, 0.6) is 0 Å². The van der Waals surface area contributed by atoms with Crippen molar-refractivity contribution in [1.29, 1.82) is 0 Å². The molecule has 2 saturated heterocycles. The fraction of sp³-hybridized carbons (Fsp3) is 0.435. The minimum Gasteiger partial charge on any atom is -0.400 e. The first-order chi connectivity index (χ1) is 17.4. The van der Waals surface area contributed by atoms with Gasteiger partial charge in [0.1, 0.15) is 0 Å². The second-order valence-corrected chi connectivity index (χ2v) is 9.17. The number of aliphatic hydroxyl groups is 1. The summed E-state index contributed by atoms with van der Waals surface area (Å²) in [7, 11) is 2.71. The molecule has 1 unspecified atom stereocenters. The molecule has 0 aliphatic carbocycles. The van der Waals surface area contributed by atoms with Gasteiger partial charge in [0, 0.05) is 46.1 Å². The van der Waals surface area contributed by atoms with Crippen LogP contribution in [0.15, 0.2) is 46.4 Å². The van der Waals surface area contributed by atoms with Crippen LogP contribution in [0.4, 0.5) is 15.9 Å². The highest BCUT2D eigenvalue weighted by atomic mass is 32.2. The lowest BCUT2D eigenvalue weighted by Gasteiger charge is -2.40. The first-order valence-corrected chi connectivity index (χ1v) is 12.1. The van der Waals surface area contributed by atoms with Gasteiger partial charge in [-0.1, -0.05) is 12.1 Å². The summed E-state index contributed by atoms with van der Waals surface area (Å²) in [4.78, 5) is 25.0. The number of aliphatic imine (C=N–C) groups is 2. The van der Waals surface area contributed by atoms with Crippen molar-refractivity contribution in [2.24, 2.45) is 21.5 Å². The average molecular weight is 519 g/mol. The Balaban J connectivity index is 0.00000176. The maximum absolute atomic E-state index is 13.0. The molecule has 4 rings (SSSR count). The summed E-state index contributed by atoms with van der Waals surface area (Å²) in [5, 5.41) is 14.6. The molecule has 2 aliphatic rings. The molecule has 1 atom stereocenters.